The normalized spacial score (nSPS) is 12.4. The Bertz CT molecular complexity index is 541. The van der Waals surface area contributed by atoms with Crippen LogP contribution in [0.2, 0.25) is 5.02 Å². The summed E-state index contributed by atoms with van der Waals surface area (Å²) in [4.78, 5) is 0. The Hall–Kier alpha value is -1.27. The van der Waals surface area contributed by atoms with Crippen molar-refractivity contribution in [1.29, 1.82) is 0 Å². The molecule has 1 aliphatic carbocycles. The van der Waals surface area contributed by atoms with E-state index in [0.717, 1.165) is 11.4 Å². The quantitative estimate of drug-likeness (QED) is 0.526. The summed E-state index contributed by atoms with van der Waals surface area (Å²) in [6, 6.07) is 12.8. The van der Waals surface area contributed by atoms with E-state index in [1.807, 2.05) is 6.07 Å². The lowest BCUT2D eigenvalue weighted by Crippen LogP contribution is -1.83. The maximum atomic E-state index is 6.30. The Morgan fingerprint density at radius 2 is 1.87 bits per heavy atom. The van der Waals surface area contributed by atoms with Crippen molar-refractivity contribution in [2.75, 3.05) is 0 Å². The summed E-state index contributed by atoms with van der Waals surface area (Å²) in [5.41, 5.74) is 6.53. The molecule has 15 heavy (non-hydrogen) atoms. The highest BCUT2D eigenvalue weighted by atomic mass is 35.5. The van der Waals surface area contributed by atoms with Gasteiger partial charge in [0.25, 0.3) is 0 Å². The van der Waals surface area contributed by atoms with Crippen LogP contribution in [-0.4, -0.2) is 0 Å². The molecular weight excluding hydrogens is 204 g/mol. The standard InChI is InChI=1S/C14H11Cl/c1-9-6-11-8-10-4-2-3-5-12(10)14(11)13(15)7-9/h2-7H,8H2,1H3. The number of rotatable bonds is 0. The van der Waals surface area contributed by atoms with E-state index in [4.69, 9.17) is 11.6 Å². The van der Waals surface area contributed by atoms with Crippen LogP contribution in [0.3, 0.4) is 0 Å². The van der Waals surface area contributed by atoms with Crippen molar-refractivity contribution < 1.29 is 0 Å². The van der Waals surface area contributed by atoms with Gasteiger partial charge >= 0.3 is 0 Å². The minimum absolute atomic E-state index is 0.884. The van der Waals surface area contributed by atoms with Crippen LogP contribution in [0.1, 0.15) is 16.7 Å². The minimum Gasteiger partial charge on any atom is -0.0836 e. The molecule has 1 heteroatoms. The fraction of sp³-hybridized carbons (Fsp3) is 0.143. The first kappa shape index (κ1) is 8.99. The maximum absolute atomic E-state index is 6.30. The van der Waals surface area contributed by atoms with E-state index in [9.17, 15) is 0 Å². The summed E-state index contributed by atoms with van der Waals surface area (Å²) in [6.07, 6.45) is 1.02. The van der Waals surface area contributed by atoms with Crippen LogP contribution < -0.4 is 0 Å². The van der Waals surface area contributed by atoms with E-state index in [-0.39, 0.29) is 0 Å². The van der Waals surface area contributed by atoms with Crippen LogP contribution in [0.25, 0.3) is 11.1 Å². The molecule has 0 aromatic heterocycles. The molecular formula is C14H11Cl. The van der Waals surface area contributed by atoms with E-state index in [1.54, 1.807) is 0 Å². The average Bonchev–Trinajstić information content (AvgIpc) is 2.54. The van der Waals surface area contributed by atoms with E-state index >= 15 is 0 Å². The molecule has 0 bridgehead atoms. The second-order valence-electron chi connectivity index (χ2n) is 4.11. The second-order valence-corrected chi connectivity index (χ2v) is 4.52. The average molecular weight is 215 g/mol. The number of hydrogen-bond donors (Lipinski definition) is 0. The Kier molecular flexibility index (Phi) is 1.86. The molecule has 0 radical (unpaired) electrons. The molecule has 0 atom stereocenters. The largest absolute Gasteiger partial charge is 0.0836 e. The van der Waals surface area contributed by atoms with Gasteiger partial charge in [-0.2, -0.15) is 0 Å². The Morgan fingerprint density at radius 1 is 1.07 bits per heavy atom. The molecule has 2 aromatic carbocycles. The van der Waals surface area contributed by atoms with Gasteiger partial charge in [0, 0.05) is 10.6 Å². The predicted molar refractivity (Wildman–Crippen MR) is 64.4 cm³/mol. The zero-order chi connectivity index (χ0) is 10.4. The summed E-state index contributed by atoms with van der Waals surface area (Å²) in [5.74, 6) is 0. The first-order valence-corrected chi connectivity index (χ1v) is 5.51. The highest BCUT2D eigenvalue weighted by Gasteiger charge is 2.20. The van der Waals surface area contributed by atoms with Gasteiger partial charge in [-0.25, -0.2) is 0 Å². The molecule has 3 rings (SSSR count). The van der Waals surface area contributed by atoms with Crippen molar-refractivity contribution in [2.45, 2.75) is 13.3 Å². The van der Waals surface area contributed by atoms with Crippen molar-refractivity contribution >= 4 is 11.6 Å². The van der Waals surface area contributed by atoms with Crippen LogP contribution in [0.4, 0.5) is 0 Å². The molecule has 0 unspecified atom stereocenters. The Labute approximate surface area is 94.5 Å². The molecule has 2 aromatic rings. The van der Waals surface area contributed by atoms with Crippen LogP contribution >= 0.6 is 11.6 Å². The molecule has 74 valence electrons. The third-order valence-corrected chi connectivity index (χ3v) is 3.28. The number of halogens is 1. The van der Waals surface area contributed by atoms with Crippen LogP contribution in [0.15, 0.2) is 36.4 Å². The fourth-order valence-corrected chi connectivity index (χ4v) is 2.77. The lowest BCUT2D eigenvalue weighted by molar-refractivity contribution is 1.25. The maximum Gasteiger partial charge on any atom is 0.0490 e. The van der Waals surface area contributed by atoms with E-state index in [0.29, 0.717) is 0 Å². The smallest absolute Gasteiger partial charge is 0.0490 e. The summed E-state index contributed by atoms with van der Waals surface area (Å²) in [5, 5.41) is 0.884. The van der Waals surface area contributed by atoms with Gasteiger partial charge in [-0.15, -0.1) is 0 Å². The van der Waals surface area contributed by atoms with Crippen molar-refractivity contribution in [3.63, 3.8) is 0 Å². The zero-order valence-corrected chi connectivity index (χ0v) is 9.31. The predicted octanol–water partition coefficient (Wildman–Crippen LogP) is 4.22. The number of fused-ring (bicyclic) bond motifs is 3. The molecule has 0 fully saturated rings. The van der Waals surface area contributed by atoms with Gasteiger partial charge in [0.05, 0.1) is 0 Å². The van der Waals surface area contributed by atoms with Crippen LogP contribution in [0.5, 0.6) is 0 Å². The topological polar surface area (TPSA) is 0 Å². The highest BCUT2D eigenvalue weighted by Crippen LogP contribution is 2.41. The van der Waals surface area contributed by atoms with Crippen molar-refractivity contribution in [3.05, 3.63) is 58.1 Å². The minimum atomic E-state index is 0.884. The summed E-state index contributed by atoms with van der Waals surface area (Å²) >= 11 is 6.30. The van der Waals surface area contributed by atoms with Gasteiger partial charge in [-0.1, -0.05) is 41.9 Å². The third-order valence-electron chi connectivity index (χ3n) is 2.98. The monoisotopic (exact) mass is 214 g/mol. The van der Waals surface area contributed by atoms with Gasteiger partial charge in [0.2, 0.25) is 0 Å². The SMILES string of the molecule is Cc1cc(Cl)c2c(c1)Cc1ccccc1-2. The van der Waals surface area contributed by atoms with Gasteiger partial charge in [0.15, 0.2) is 0 Å². The molecule has 0 amide bonds. The molecule has 0 saturated carbocycles. The van der Waals surface area contributed by atoms with Gasteiger partial charge < -0.3 is 0 Å². The fourth-order valence-electron chi connectivity index (χ4n) is 2.38. The molecule has 1 aliphatic rings. The number of benzene rings is 2. The second kappa shape index (κ2) is 3.11. The summed E-state index contributed by atoms with van der Waals surface area (Å²) in [7, 11) is 0. The van der Waals surface area contributed by atoms with E-state index in [2.05, 4.69) is 37.3 Å². The molecule has 0 N–H and O–H groups in total. The third kappa shape index (κ3) is 1.29. The number of aryl methyl sites for hydroxylation is 1. The molecule has 0 spiro atoms. The van der Waals surface area contributed by atoms with Gasteiger partial charge in [-0.05, 0) is 41.7 Å². The first-order chi connectivity index (χ1) is 7.25. The number of hydrogen-bond acceptors (Lipinski definition) is 0. The van der Waals surface area contributed by atoms with Crippen LogP contribution in [-0.2, 0) is 6.42 Å². The highest BCUT2D eigenvalue weighted by molar-refractivity contribution is 6.33. The lowest BCUT2D eigenvalue weighted by atomic mass is 10.0. The molecule has 0 saturated heterocycles. The first-order valence-electron chi connectivity index (χ1n) is 5.13. The van der Waals surface area contributed by atoms with Gasteiger partial charge in [0.1, 0.15) is 0 Å². The Morgan fingerprint density at radius 3 is 2.73 bits per heavy atom. The van der Waals surface area contributed by atoms with E-state index < -0.39 is 0 Å². The molecule has 0 nitrogen and oxygen atoms in total. The van der Waals surface area contributed by atoms with Crippen molar-refractivity contribution in [1.82, 2.24) is 0 Å². The van der Waals surface area contributed by atoms with E-state index in [1.165, 1.54) is 27.8 Å². The summed E-state index contributed by atoms with van der Waals surface area (Å²) < 4.78 is 0. The summed E-state index contributed by atoms with van der Waals surface area (Å²) in [6.45, 7) is 2.09. The van der Waals surface area contributed by atoms with Crippen molar-refractivity contribution in [2.24, 2.45) is 0 Å². The lowest BCUT2D eigenvalue weighted by Gasteiger charge is -2.04. The molecule has 0 aliphatic heterocycles. The Balaban J connectivity index is 2.33. The molecule has 0 heterocycles. The van der Waals surface area contributed by atoms with Crippen LogP contribution in [0, 0.1) is 6.92 Å². The van der Waals surface area contributed by atoms with Gasteiger partial charge in [-0.3, -0.25) is 0 Å². The zero-order valence-electron chi connectivity index (χ0n) is 8.55. The van der Waals surface area contributed by atoms with Crippen molar-refractivity contribution in [3.8, 4) is 11.1 Å².